The molecular weight excluding hydrogens is 204 g/mol. The van der Waals surface area contributed by atoms with Gasteiger partial charge in [0.15, 0.2) is 11.6 Å². The summed E-state index contributed by atoms with van der Waals surface area (Å²) >= 11 is 0. The van der Waals surface area contributed by atoms with Crippen LogP contribution in [0.3, 0.4) is 0 Å². The van der Waals surface area contributed by atoms with Crippen molar-refractivity contribution >= 4 is 5.97 Å². The summed E-state index contributed by atoms with van der Waals surface area (Å²) in [4.78, 5) is 10.0. The molecule has 0 aliphatic carbocycles. The lowest BCUT2D eigenvalue weighted by Gasteiger charge is -2.11. The van der Waals surface area contributed by atoms with Crippen LogP contribution in [0.25, 0.3) is 0 Å². The van der Waals surface area contributed by atoms with Gasteiger partial charge in [0.25, 0.3) is 0 Å². The van der Waals surface area contributed by atoms with Gasteiger partial charge in [-0.1, -0.05) is 6.07 Å². The lowest BCUT2D eigenvalue weighted by molar-refractivity contribution is -0.166. The van der Waals surface area contributed by atoms with E-state index in [9.17, 15) is 22.4 Å². The van der Waals surface area contributed by atoms with E-state index in [-0.39, 0.29) is 0 Å². The fourth-order valence-electron chi connectivity index (χ4n) is 0.861. The summed E-state index contributed by atoms with van der Waals surface area (Å²) in [5.74, 6) is -10.3. The van der Waals surface area contributed by atoms with Gasteiger partial charge in [-0.15, -0.1) is 0 Å². The molecule has 1 N–H and O–H groups in total. The van der Waals surface area contributed by atoms with E-state index in [1.165, 1.54) is 0 Å². The number of aliphatic carboxylic acids is 1. The van der Waals surface area contributed by atoms with Crippen LogP contribution in [0.2, 0.25) is 0 Å². The maximum atomic E-state index is 12.7. The number of carboxylic acids is 1. The molecule has 6 heteroatoms. The van der Waals surface area contributed by atoms with E-state index in [1.807, 2.05) is 0 Å². The molecule has 0 saturated carbocycles. The lowest BCUT2D eigenvalue weighted by atomic mass is 10.1. The predicted octanol–water partition coefficient (Wildman–Crippen LogP) is 2.14. The maximum absolute atomic E-state index is 12.7. The third-order valence-corrected chi connectivity index (χ3v) is 1.56. The van der Waals surface area contributed by atoms with Crippen LogP contribution in [-0.2, 0) is 10.7 Å². The van der Waals surface area contributed by atoms with Gasteiger partial charge in [-0.3, -0.25) is 0 Å². The van der Waals surface area contributed by atoms with Crippen molar-refractivity contribution in [1.29, 1.82) is 0 Å². The third kappa shape index (κ3) is 1.55. The molecule has 1 aromatic rings. The number of hydrogen-bond donors (Lipinski definition) is 1. The first kappa shape index (κ1) is 10.5. The Kier molecular flexibility index (Phi) is 2.46. The quantitative estimate of drug-likeness (QED) is 0.756. The Morgan fingerprint density at radius 1 is 1.29 bits per heavy atom. The topological polar surface area (TPSA) is 37.3 Å². The number of carbonyl (C=O) groups is 1. The lowest BCUT2D eigenvalue weighted by Crippen LogP contribution is -2.26. The number of benzene rings is 1. The zero-order chi connectivity index (χ0) is 10.9. The summed E-state index contributed by atoms with van der Waals surface area (Å²) in [5.41, 5.74) is -1.48. The molecule has 0 aliphatic rings. The Balaban J connectivity index is 3.33. The number of alkyl halides is 2. The SMILES string of the molecule is O=C(O)C(F)(F)c1cccc(F)c1F. The first-order valence-electron chi connectivity index (χ1n) is 3.43. The maximum Gasteiger partial charge on any atom is 0.379 e. The first-order chi connectivity index (χ1) is 6.37. The highest BCUT2D eigenvalue weighted by atomic mass is 19.3. The second-order valence-electron chi connectivity index (χ2n) is 2.48. The molecular formula is C8H4F4O2. The molecule has 0 saturated heterocycles. The minimum absolute atomic E-state index is 0.520. The number of rotatable bonds is 2. The van der Waals surface area contributed by atoms with Crippen molar-refractivity contribution in [1.82, 2.24) is 0 Å². The van der Waals surface area contributed by atoms with Gasteiger partial charge in [0.1, 0.15) is 0 Å². The van der Waals surface area contributed by atoms with Gasteiger partial charge >= 0.3 is 11.9 Å². The van der Waals surface area contributed by atoms with E-state index in [2.05, 4.69) is 0 Å². The van der Waals surface area contributed by atoms with Crippen molar-refractivity contribution in [2.45, 2.75) is 5.92 Å². The molecule has 1 rings (SSSR count). The first-order valence-corrected chi connectivity index (χ1v) is 3.43. The van der Waals surface area contributed by atoms with E-state index in [0.29, 0.717) is 12.1 Å². The highest BCUT2D eigenvalue weighted by Crippen LogP contribution is 2.30. The Bertz CT molecular complexity index is 376. The van der Waals surface area contributed by atoms with Gasteiger partial charge < -0.3 is 5.11 Å². The van der Waals surface area contributed by atoms with Crippen molar-refractivity contribution in [3.8, 4) is 0 Å². The fourth-order valence-corrected chi connectivity index (χ4v) is 0.861. The van der Waals surface area contributed by atoms with Crippen LogP contribution in [0, 0.1) is 11.6 Å². The zero-order valence-corrected chi connectivity index (χ0v) is 6.60. The molecule has 0 spiro atoms. The van der Waals surface area contributed by atoms with E-state index in [0.717, 1.165) is 6.07 Å². The van der Waals surface area contributed by atoms with Gasteiger partial charge in [0.05, 0.1) is 5.56 Å². The molecule has 0 aliphatic heterocycles. The van der Waals surface area contributed by atoms with E-state index in [1.54, 1.807) is 0 Å². The van der Waals surface area contributed by atoms with Crippen LogP contribution in [0.15, 0.2) is 18.2 Å². The monoisotopic (exact) mass is 208 g/mol. The summed E-state index contributed by atoms with van der Waals surface area (Å²) in [6.07, 6.45) is 0. The van der Waals surface area contributed by atoms with E-state index in [4.69, 9.17) is 5.11 Å². The smallest absolute Gasteiger partial charge is 0.379 e. The van der Waals surface area contributed by atoms with Crippen molar-refractivity contribution in [3.05, 3.63) is 35.4 Å². The molecule has 0 amide bonds. The average Bonchev–Trinajstić information content (AvgIpc) is 2.09. The van der Waals surface area contributed by atoms with Crippen molar-refractivity contribution in [2.75, 3.05) is 0 Å². The number of hydrogen-bond acceptors (Lipinski definition) is 1. The summed E-state index contributed by atoms with van der Waals surface area (Å²) in [6, 6.07) is 1.95. The molecule has 0 unspecified atom stereocenters. The second-order valence-corrected chi connectivity index (χ2v) is 2.48. The molecule has 0 radical (unpaired) electrons. The summed E-state index contributed by atoms with van der Waals surface area (Å²) < 4.78 is 50.6. The third-order valence-electron chi connectivity index (χ3n) is 1.56. The van der Waals surface area contributed by atoms with Gasteiger partial charge in [0, 0.05) is 0 Å². The van der Waals surface area contributed by atoms with Gasteiger partial charge in [-0.25, -0.2) is 13.6 Å². The molecule has 0 fully saturated rings. The molecule has 1 aromatic carbocycles. The number of halogens is 4. The zero-order valence-electron chi connectivity index (χ0n) is 6.60. The fraction of sp³-hybridized carbons (Fsp3) is 0.125. The number of carboxylic acid groups (broad SMARTS) is 1. The van der Waals surface area contributed by atoms with E-state index < -0.39 is 29.1 Å². The van der Waals surface area contributed by atoms with Crippen molar-refractivity contribution in [2.24, 2.45) is 0 Å². The average molecular weight is 208 g/mol. The van der Waals surface area contributed by atoms with Crippen LogP contribution in [0.5, 0.6) is 0 Å². The van der Waals surface area contributed by atoms with Crippen LogP contribution >= 0.6 is 0 Å². The van der Waals surface area contributed by atoms with Crippen LogP contribution < -0.4 is 0 Å². The Hall–Kier alpha value is -1.59. The minimum Gasteiger partial charge on any atom is -0.477 e. The summed E-state index contributed by atoms with van der Waals surface area (Å²) in [6.45, 7) is 0. The van der Waals surface area contributed by atoms with Gasteiger partial charge in [-0.05, 0) is 12.1 Å². The van der Waals surface area contributed by atoms with Gasteiger partial charge in [0.2, 0.25) is 0 Å². The van der Waals surface area contributed by atoms with E-state index >= 15 is 0 Å². The summed E-state index contributed by atoms with van der Waals surface area (Å²) in [5, 5.41) is 8.07. The van der Waals surface area contributed by atoms with Crippen LogP contribution in [0.4, 0.5) is 17.6 Å². The molecule has 2 nitrogen and oxygen atoms in total. The Labute approximate surface area is 75.8 Å². The summed E-state index contributed by atoms with van der Waals surface area (Å²) in [7, 11) is 0. The van der Waals surface area contributed by atoms with Gasteiger partial charge in [-0.2, -0.15) is 8.78 Å². The molecule has 0 heterocycles. The van der Waals surface area contributed by atoms with Crippen molar-refractivity contribution < 1.29 is 27.5 Å². The highest BCUT2D eigenvalue weighted by Gasteiger charge is 2.43. The largest absolute Gasteiger partial charge is 0.477 e. The molecule has 14 heavy (non-hydrogen) atoms. The highest BCUT2D eigenvalue weighted by molar-refractivity contribution is 5.77. The molecule has 76 valence electrons. The predicted molar refractivity (Wildman–Crippen MR) is 37.9 cm³/mol. The standard InChI is InChI=1S/C8H4F4O2/c9-5-3-1-2-4(6(5)10)8(11,12)7(13)14/h1-3H,(H,13,14). The Morgan fingerprint density at radius 2 is 1.86 bits per heavy atom. The molecule has 0 aromatic heterocycles. The second kappa shape index (κ2) is 3.28. The molecule has 0 bridgehead atoms. The minimum atomic E-state index is -4.42. The molecule has 0 atom stereocenters. The van der Waals surface area contributed by atoms with Crippen LogP contribution in [-0.4, -0.2) is 11.1 Å². The Morgan fingerprint density at radius 3 is 2.36 bits per heavy atom. The van der Waals surface area contributed by atoms with Crippen LogP contribution in [0.1, 0.15) is 5.56 Å². The van der Waals surface area contributed by atoms with Crippen molar-refractivity contribution in [3.63, 3.8) is 0 Å². The normalized spacial score (nSPS) is 11.4.